The molecule has 7 heteroatoms. The molecule has 0 aliphatic heterocycles. The zero-order valence-electron chi connectivity index (χ0n) is 16.7. The minimum Gasteiger partial charge on any atom is -0.325 e. The summed E-state index contributed by atoms with van der Waals surface area (Å²) in [7, 11) is -3.95. The molecule has 3 rings (SSSR count). The van der Waals surface area contributed by atoms with Crippen molar-refractivity contribution in [2.75, 3.05) is 5.32 Å². The molecule has 6 nitrogen and oxygen atoms in total. The van der Waals surface area contributed by atoms with E-state index in [9.17, 15) is 13.2 Å². The van der Waals surface area contributed by atoms with Gasteiger partial charge in [0.25, 0.3) is 0 Å². The Morgan fingerprint density at radius 2 is 1.72 bits per heavy atom. The number of pyridine rings is 1. The molecule has 0 unspecified atom stereocenters. The van der Waals surface area contributed by atoms with Crippen LogP contribution in [0, 0.1) is 5.92 Å². The monoisotopic (exact) mass is 411 g/mol. The fourth-order valence-corrected chi connectivity index (χ4v) is 4.58. The maximum absolute atomic E-state index is 13.1. The van der Waals surface area contributed by atoms with Gasteiger partial charge in [-0.3, -0.25) is 9.78 Å². The number of hydrogen-bond acceptors (Lipinski definition) is 4. The summed E-state index contributed by atoms with van der Waals surface area (Å²) in [5.74, 6) is -0.649. The summed E-state index contributed by atoms with van der Waals surface area (Å²) in [5.41, 5.74) is 2.16. The van der Waals surface area contributed by atoms with Crippen LogP contribution >= 0.6 is 0 Å². The Balaban J connectivity index is 1.86. The van der Waals surface area contributed by atoms with E-state index in [1.54, 1.807) is 44.3 Å². The Labute approximate surface area is 171 Å². The number of carbonyl (C=O) groups is 1. The van der Waals surface area contributed by atoms with Crippen LogP contribution in [0.3, 0.4) is 0 Å². The molecule has 0 radical (unpaired) electrons. The van der Waals surface area contributed by atoms with Crippen LogP contribution in [0.25, 0.3) is 10.9 Å². The van der Waals surface area contributed by atoms with Crippen LogP contribution in [0.2, 0.25) is 0 Å². The highest BCUT2D eigenvalue weighted by molar-refractivity contribution is 7.89. The number of hydrogen-bond donors (Lipinski definition) is 2. The van der Waals surface area contributed by atoms with Crippen molar-refractivity contribution in [1.29, 1.82) is 0 Å². The molecule has 0 saturated carbocycles. The van der Waals surface area contributed by atoms with E-state index in [1.807, 2.05) is 24.3 Å². The van der Waals surface area contributed by atoms with Crippen molar-refractivity contribution < 1.29 is 13.2 Å². The Morgan fingerprint density at radius 1 is 1.03 bits per heavy atom. The standard InChI is InChI=1S/C22H25N3O3S/c1-4-16-10-12-18(13-11-16)24-22(26)20(15(2)3)25-29(27,28)19-9-5-7-17-8-6-14-23-21(17)19/h5-15,20,25H,4H2,1-3H3,(H,24,26)/t20-/m1/s1. The van der Waals surface area contributed by atoms with Crippen LogP contribution < -0.4 is 10.0 Å². The van der Waals surface area contributed by atoms with Crippen LogP contribution in [0.15, 0.2) is 65.7 Å². The van der Waals surface area contributed by atoms with E-state index in [2.05, 4.69) is 21.9 Å². The van der Waals surface area contributed by atoms with E-state index in [0.29, 0.717) is 11.2 Å². The number of nitrogens with zero attached hydrogens (tertiary/aromatic N) is 1. The number of benzene rings is 2. The minimum atomic E-state index is -3.95. The first-order valence-electron chi connectivity index (χ1n) is 9.57. The topological polar surface area (TPSA) is 88.2 Å². The number of nitrogens with one attached hydrogen (secondary N) is 2. The Morgan fingerprint density at radius 3 is 2.38 bits per heavy atom. The fraction of sp³-hybridized carbons (Fsp3) is 0.273. The largest absolute Gasteiger partial charge is 0.325 e. The molecule has 1 aromatic heterocycles. The molecule has 2 N–H and O–H groups in total. The molecular formula is C22H25N3O3S. The van der Waals surface area contributed by atoms with E-state index >= 15 is 0 Å². The first-order valence-corrected chi connectivity index (χ1v) is 11.1. The third-order valence-electron chi connectivity index (χ3n) is 4.75. The van der Waals surface area contributed by atoms with Crippen LogP contribution in [0.4, 0.5) is 5.69 Å². The number of aryl methyl sites for hydroxylation is 1. The predicted molar refractivity (Wildman–Crippen MR) is 115 cm³/mol. The van der Waals surface area contributed by atoms with Gasteiger partial charge in [0.15, 0.2) is 0 Å². The van der Waals surface area contributed by atoms with Gasteiger partial charge in [-0.05, 0) is 42.2 Å². The molecule has 0 saturated heterocycles. The van der Waals surface area contributed by atoms with E-state index in [1.165, 1.54) is 6.07 Å². The van der Waals surface area contributed by atoms with Crippen LogP contribution in [0.1, 0.15) is 26.3 Å². The summed E-state index contributed by atoms with van der Waals surface area (Å²) in [5, 5.41) is 3.52. The maximum Gasteiger partial charge on any atom is 0.243 e. The van der Waals surface area contributed by atoms with Crippen LogP contribution in [-0.4, -0.2) is 25.4 Å². The number of amides is 1. The lowest BCUT2D eigenvalue weighted by molar-refractivity contribution is -0.118. The smallest absolute Gasteiger partial charge is 0.243 e. The summed E-state index contributed by atoms with van der Waals surface area (Å²) in [6, 6.07) is 15.1. The van der Waals surface area contributed by atoms with E-state index < -0.39 is 22.0 Å². The maximum atomic E-state index is 13.1. The Kier molecular flexibility index (Phi) is 6.30. The van der Waals surface area contributed by atoms with Gasteiger partial charge in [-0.25, -0.2) is 8.42 Å². The molecular weight excluding hydrogens is 386 g/mol. The third-order valence-corrected chi connectivity index (χ3v) is 6.22. The summed E-state index contributed by atoms with van der Waals surface area (Å²) in [6.07, 6.45) is 2.45. The summed E-state index contributed by atoms with van der Waals surface area (Å²) in [6.45, 7) is 5.65. The van der Waals surface area contributed by atoms with E-state index in [0.717, 1.165) is 17.4 Å². The normalized spacial score (nSPS) is 12.8. The zero-order valence-corrected chi connectivity index (χ0v) is 17.5. The first-order chi connectivity index (χ1) is 13.8. The van der Waals surface area contributed by atoms with Gasteiger partial charge in [-0.15, -0.1) is 0 Å². The molecule has 0 spiro atoms. The van der Waals surface area contributed by atoms with Gasteiger partial charge in [0.2, 0.25) is 15.9 Å². The van der Waals surface area contributed by atoms with Crippen molar-refractivity contribution in [3.8, 4) is 0 Å². The van der Waals surface area contributed by atoms with Gasteiger partial charge in [-0.1, -0.05) is 51.1 Å². The highest BCUT2D eigenvalue weighted by atomic mass is 32.2. The van der Waals surface area contributed by atoms with Crippen molar-refractivity contribution in [1.82, 2.24) is 9.71 Å². The van der Waals surface area contributed by atoms with E-state index in [-0.39, 0.29) is 10.8 Å². The van der Waals surface area contributed by atoms with Crippen molar-refractivity contribution >= 4 is 32.5 Å². The quantitative estimate of drug-likeness (QED) is 0.620. The van der Waals surface area contributed by atoms with Crippen LogP contribution in [0.5, 0.6) is 0 Å². The van der Waals surface area contributed by atoms with Crippen molar-refractivity contribution in [3.63, 3.8) is 0 Å². The zero-order chi connectivity index (χ0) is 21.0. The molecule has 1 heterocycles. The van der Waals surface area contributed by atoms with E-state index in [4.69, 9.17) is 0 Å². The highest BCUT2D eigenvalue weighted by Crippen LogP contribution is 2.22. The number of fused-ring (bicyclic) bond motifs is 1. The summed E-state index contributed by atoms with van der Waals surface area (Å²) >= 11 is 0. The second kappa shape index (κ2) is 8.71. The molecule has 0 bridgehead atoms. The number of carbonyl (C=O) groups excluding carboxylic acids is 1. The third kappa shape index (κ3) is 4.81. The first kappa shape index (κ1) is 21.0. The molecule has 29 heavy (non-hydrogen) atoms. The molecule has 1 amide bonds. The van der Waals surface area contributed by atoms with Gasteiger partial charge >= 0.3 is 0 Å². The lowest BCUT2D eigenvalue weighted by Gasteiger charge is -2.22. The van der Waals surface area contributed by atoms with Gasteiger partial charge in [-0.2, -0.15) is 4.72 Å². The fourth-order valence-electron chi connectivity index (χ4n) is 3.06. The highest BCUT2D eigenvalue weighted by Gasteiger charge is 2.29. The van der Waals surface area contributed by atoms with Gasteiger partial charge < -0.3 is 5.32 Å². The minimum absolute atomic E-state index is 0.0568. The molecule has 2 aromatic carbocycles. The molecule has 0 fully saturated rings. The molecule has 0 aliphatic rings. The molecule has 0 aliphatic carbocycles. The van der Waals surface area contributed by atoms with Crippen LogP contribution in [-0.2, 0) is 21.2 Å². The second-order valence-electron chi connectivity index (χ2n) is 7.21. The number of anilines is 1. The number of sulfonamides is 1. The lowest BCUT2D eigenvalue weighted by Crippen LogP contribution is -2.47. The molecule has 1 atom stereocenters. The summed E-state index contributed by atoms with van der Waals surface area (Å²) < 4.78 is 28.7. The van der Waals surface area contributed by atoms with Crippen molar-refractivity contribution in [3.05, 3.63) is 66.4 Å². The van der Waals surface area contributed by atoms with Crippen molar-refractivity contribution in [2.45, 2.75) is 38.1 Å². The van der Waals surface area contributed by atoms with Gasteiger partial charge in [0.05, 0.1) is 5.52 Å². The van der Waals surface area contributed by atoms with Gasteiger partial charge in [0.1, 0.15) is 10.9 Å². The number of para-hydroxylation sites is 1. The second-order valence-corrected chi connectivity index (χ2v) is 8.90. The summed E-state index contributed by atoms with van der Waals surface area (Å²) in [4.78, 5) is 17.1. The predicted octanol–water partition coefficient (Wildman–Crippen LogP) is 3.74. The number of aromatic nitrogens is 1. The average molecular weight is 412 g/mol. The average Bonchev–Trinajstić information content (AvgIpc) is 2.72. The lowest BCUT2D eigenvalue weighted by atomic mass is 10.0. The Bertz CT molecular complexity index is 1100. The number of rotatable bonds is 7. The van der Waals surface area contributed by atoms with Gasteiger partial charge in [0, 0.05) is 17.3 Å². The molecule has 3 aromatic rings. The SMILES string of the molecule is CCc1ccc(NC(=O)[C@H](NS(=O)(=O)c2cccc3cccnc23)C(C)C)cc1. The Hall–Kier alpha value is -2.77. The molecule has 152 valence electrons. The van der Waals surface area contributed by atoms with Crippen molar-refractivity contribution in [2.24, 2.45) is 5.92 Å².